The van der Waals surface area contributed by atoms with Crippen LogP contribution in [0.25, 0.3) is 0 Å². The van der Waals surface area contributed by atoms with Gasteiger partial charge in [-0.3, -0.25) is 0 Å². The second kappa shape index (κ2) is 2.09. The zero-order valence-corrected chi connectivity index (χ0v) is 4.29. The largest absolute Gasteiger partial charge is 0.206 e. The zero-order valence-electron chi connectivity index (χ0n) is 4.29. The molecule has 3 heteroatoms. The summed E-state index contributed by atoms with van der Waals surface area (Å²) in [6.07, 6.45) is 0. The molecule has 0 N–H and O–H groups in total. The minimum absolute atomic E-state index is 0.440. The van der Waals surface area contributed by atoms with Gasteiger partial charge in [0.25, 0.3) is 0 Å². The van der Waals surface area contributed by atoms with Gasteiger partial charge in [0.15, 0.2) is 11.6 Å². The summed E-state index contributed by atoms with van der Waals surface area (Å²) >= 11 is 0. The molecule has 9 heavy (non-hydrogen) atoms. The van der Waals surface area contributed by atoms with E-state index in [1.165, 1.54) is 0 Å². The van der Waals surface area contributed by atoms with Gasteiger partial charge in [-0.15, -0.1) is 0 Å². The average molecular weight is 131 g/mol. The Bertz CT molecular complexity index is 220. The summed E-state index contributed by atoms with van der Waals surface area (Å²) < 4.78 is 35.8. The zero-order chi connectivity index (χ0) is 6.85. The molecule has 0 aliphatic carbocycles. The van der Waals surface area contributed by atoms with E-state index >= 15 is 0 Å². The second-order valence-electron chi connectivity index (χ2n) is 1.48. The van der Waals surface area contributed by atoms with Gasteiger partial charge in [0.1, 0.15) is 5.82 Å². The predicted molar refractivity (Wildman–Crippen MR) is 25.2 cm³/mol. The highest BCUT2D eigenvalue weighted by atomic mass is 19.2. The predicted octanol–water partition coefficient (Wildman–Crippen LogP) is 1.90. The van der Waals surface area contributed by atoms with E-state index in [0.717, 1.165) is 0 Å². The number of halogens is 3. The molecule has 0 unspecified atom stereocenters. The lowest BCUT2D eigenvalue weighted by molar-refractivity contribution is 0.494. The van der Waals surface area contributed by atoms with Crippen LogP contribution in [0.3, 0.4) is 0 Å². The van der Waals surface area contributed by atoms with E-state index in [4.69, 9.17) is 0 Å². The molecule has 0 fully saturated rings. The lowest BCUT2D eigenvalue weighted by Crippen LogP contribution is -1.83. The second-order valence-corrected chi connectivity index (χ2v) is 1.48. The summed E-state index contributed by atoms with van der Waals surface area (Å²) in [5.74, 6) is -3.17. The minimum atomic E-state index is -1.19. The van der Waals surface area contributed by atoms with Crippen molar-refractivity contribution in [2.75, 3.05) is 0 Å². The standard InChI is InChI=1S/C6H2F3/c7-4-1-2-5(8)6(9)3-4/h2-3H. The topological polar surface area (TPSA) is 0 Å². The van der Waals surface area contributed by atoms with Crippen molar-refractivity contribution in [3.8, 4) is 0 Å². The van der Waals surface area contributed by atoms with E-state index in [-0.39, 0.29) is 0 Å². The van der Waals surface area contributed by atoms with Crippen LogP contribution in [-0.2, 0) is 0 Å². The maximum atomic E-state index is 11.9. The monoisotopic (exact) mass is 131 g/mol. The molecule has 1 rings (SSSR count). The Morgan fingerprint density at radius 1 is 1.11 bits per heavy atom. The third kappa shape index (κ3) is 1.22. The fraction of sp³-hybridized carbons (Fsp3) is 0. The van der Waals surface area contributed by atoms with Crippen LogP contribution in [-0.4, -0.2) is 0 Å². The Kier molecular flexibility index (Phi) is 1.42. The molecule has 0 bridgehead atoms. The van der Waals surface area contributed by atoms with Gasteiger partial charge in [-0.05, 0) is 6.07 Å². The highest BCUT2D eigenvalue weighted by Gasteiger charge is 2.00. The molecule has 0 atom stereocenters. The first kappa shape index (κ1) is 6.13. The first-order valence-corrected chi connectivity index (χ1v) is 2.22. The summed E-state index contributed by atoms with van der Waals surface area (Å²) in [7, 11) is 0. The van der Waals surface area contributed by atoms with Gasteiger partial charge in [0.05, 0.1) is 0 Å². The van der Waals surface area contributed by atoms with Crippen LogP contribution in [0, 0.1) is 23.5 Å². The summed E-state index contributed by atoms with van der Waals surface area (Å²) in [4.78, 5) is 0. The van der Waals surface area contributed by atoms with E-state index in [1.54, 1.807) is 0 Å². The summed E-state index contributed by atoms with van der Waals surface area (Å²) in [6, 6.07) is 2.91. The third-order valence-electron chi connectivity index (χ3n) is 0.818. The van der Waals surface area contributed by atoms with Crippen LogP contribution in [0.2, 0.25) is 0 Å². The van der Waals surface area contributed by atoms with Crippen molar-refractivity contribution >= 4 is 0 Å². The number of rotatable bonds is 0. The Morgan fingerprint density at radius 2 is 1.78 bits per heavy atom. The molecule has 0 spiro atoms. The van der Waals surface area contributed by atoms with Crippen LogP contribution in [0.5, 0.6) is 0 Å². The van der Waals surface area contributed by atoms with Gasteiger partial charge in [-0.1, -0.05) is 0 Å². The molecule has 0 amide bonds. The molecular formula is C6H2F3. The molecule has 1 aromatic rings. The Morgan fingerprint density at radius 3 is 2.22 bits per heavy atom. The molecule has 0 aromatic heterocycles. The van der Waals surface area contributed by atoms with Crippen LogP contribution in [0.4, 0.5) is 13.2 Å². The molecular weight excluding hydrogens is 129 g/mol. The SMILES string of the molecule is Fc1[c]cc(F)c(F)c1. The van der Waals surface area contributed by atoms with Gasteiger partial charge in [-0.2, -0.15) is 0 Å². The van der Waals surface area contributed by atoms with E-state index in [0.29, 0.717) is 12.1 Å². The summed E-state index contributed by atoms with van der Waals surface area (Å²) in [5.41, 5.74) is 0. The third-order valence-corrected chi connectivity index (χ3v) is 0.818. The maximum absolute atomic E-state index is 11.9. The Hall–Kier alpha value is -0.990. The van der Waals surface area contributed by atoms with Gasteiger partial charge in [0, 0.05) is 12.1 Å². The van der Waals surface area contributed by atoms with Crippen LogP contribution in [0.15, 0.2) is 12.1 Å². The fourth-order valence-corrected chi connectivity index (χ4v) is 0.423. The molecule has 0 aliphatic heterocycles. The van der Waals surface area contributed by atoms with Crippen molar-refractivity contribution in [1.29, 1.82) is 0 Å². The van der Waals surface area contributed by atoms with Crippen molar-refractivity contribution in [2.45, 2.75) is 0 Å². The molecule has 0 saturated carbocycles. The molecule has 47 valence electrons. The van der Waals surface area contributed by atoms with Crippen LogP contribution >= 0.6 is 0 Å². The summed E-state index contributed by atoms with van der Waals surface area (Å²) in [6.45, 7) is 0. The Labute approximate surface area is 49.9 Å². The first-order chi connectivity index (χ1) is 4.20. The lowest BCUT2D eigenvalue weighted by Gasteiger charge is -1.88. The van der Waals surface area contributed by atoms with Crippen molar-refractivity contribution in [3.05, 3.63) is 35.7 Å². The lowest BCUT2D eigenvalue weighted by atomic mass is 10.3. The van der Waals surface area contributed by atoms with Gasteiger partial charge in [-0.25, -0.2) is 13.2 Å². The molecule has 0 nitrogen and oxygen atoms in total. The first-order valence-electron chi connectivity index (χ1n) is 2.22. The highest BCUT2D eigenvalue weighted by molar-refractivity contribution is 5.06. The average Bonchev–Trinajstić information content (AvgIpc) is 1.80. The van der Waals surface area contributed by atoms with Crippen LogP contribution in [0.1, 0.15) is 0 Å². The molecule has 1 radical (unpaired) electrons. The van der Waals surface area contributed by atoms with Gasteiger partial charge in [0.2, 0.25) is 0 Å². The van der Waals surface area contributed by atoms with Gasteiger partial charge >= 0.3 is 0 Å². The molecule has 0 heterocycles. The van der Waals surface area contributed by atoms with E-state index in [9.17, 15) is 13.2 Å². The van der Waals surface area contributed by atoms with Gasteiger partial charge < -0.3 is 0 Å². The highest BCUT2D eigenvalue weighted by Crippen LogP contribution is 2.05. The molecule has 0 saturated heterocycles. The van der Waals surface area contributed by atoms with Crippen molar-refractivity contribution in [2.24, 2.45) is 0 Å². The fourth-order valence-electron chi connectivity index (χ4n) is 0.423. The summed E-state index contributed by atoms with van der Waals surface area (Å²) in [5, 5.41) is 0. The van der Waals surface area contributed by atoms with E-state index < -0.39 is 17.5 Å². The Balaban J connectivity index is 3.17. The number of hydrogen-bond acceptors (Lipinski definition) is 0. The molecule has 1 aromatic carbocycles. The minimum Gasteiger partial charge on any atom is -0.206 e. The smallest absolute Gasteiger partial charge is 0.161 e. The molecule has 0 aliphatic rings. The number of hydrogen-bond donors (Lipinski definition) is 0. The van der Waals surface area contributed by atoms with Crippen LogP contribution < -0.4 is 0 Å². The number of benzene rings is 1. The quantitative estimate of drug-likeness (QED) is 0.472. The van der Waals surface area contributed by atoms with Crippen molar-refractivity contribution in [1.82, 2.24) is 0 Å². The van der Waals surface area contributed by atoms with E-state index in [1.807, 2.05) is 6.07 Å². The maximum Gasteiger partial charge on any atom is 0.161 e. The van der Waals surface area contributed by atoms with E-state index in [2.05, 4.69) is 0 Å². The van der Waals surface area contributed by atoms with Crippen molar-refractivity contribution in [3.63, 3.8) is 0 Å². The van der Waals surface area contributed by atoms with Crippen molar-refractivity contribution < 1.29 is 13.2 Å². The normalized spacial score (nSPS) is 9.67.